The van der Waals surface area contributed by atoms with Crippen molar-refractivity contribution in [2.75, 3.05) is 32.2 Å². The molecule has 170 valence electrons. The number of hydrogen-bond donors (Lipinski definition) is 1. The average Bonchev–Trinajstić information content (AvgIpc) is 3.38. The summed E-state index contributed by atoms with van der Waals surface area (Å²) in [5, 5.41) is 4.75. The molecule has 1 aliphatic rings. The summed E-state index contributed by atoms with van der Waals surface area (Å²) in [6.45, 7) is 13.8. The van der Waals surface area contributed by atoms with Crippen LogP contribution in [0.5, 0.6) is 11.5 Å². The van der Waals surface area contributed by atoms with Gasteiger partial charge in [-0.1, -0.05) is 27.7 Å². The van der Waals surface area contributed by atoms with Crippen molar-refractivity contribution < 1.29 is 9.47 Å². The van der Waals surface area contributed by atoms with Gasteiger partial charge in [-0.2, -0.15) is 5.10 Å². The molecule has 0 aliphatic carbocycles. The van der Waals surface area contributed by atoms with Gasteiger partial charge in [0.15, 0.2) is 17.1 Å². The lowest BCUT2D eigenvalue weighted by Gasteiger charge is -2.19. The molecule has 1 unspecified atom stereocenters. The molecule has 31 heavy (non-hydrogen) atoms. The van der Waals surface area contributed by atoms with Crippen molar-refractivity contribution in [2.24, 2.45) is 5.73 Å². The van der Waals surface area contributed by atoms with Crippen molar-refractivity contribution >= 4 is 11.3 Å². The van der Waals surface area contributed by atoms with E-state index in [-0.39, 0.29) is 6.04 Å². The van der Waals surface area contributed by atoms with Crippen LogP contribution in [0, 0.1) is 13.8 Å². The lowest BCUT2D eigenvalue weighted by Crippen LogP contribution is -2.27. The molecule has 0 bridgehead atoms. The number of ether oxygens (including phenoxy) is 2. The van der Waals surface area contributed by atoms with Gasteiger partial charge in [0.2, 0.25) is 0 Å². The van der Waals surface area contributed by atoms with E-state index in [4.69, 9.17) is 25.3 Å². The van der Waals surface area contributed by atoms with E-state index in [9.17, 15) is 0 Å². The van der Waals surface area contributed by atoms with Crippen LogP contribution in [0.1, 0.15) is 45.5 Å². The van der Waals surface area contributed by atoms with Gasteiger partial charge >= 0.3 is 0 Å². The molecule has 7 heteroatoms. The third kappa shape index (κ3) is 4.93. The number of hydrogen-bond acceptors (Lipinski definition) is 6. The largest absolute Gasteiger partial charge is 0.493 e. The van der Waals surface area contributed by atoms with Crippen LogP contribution >= 0.6 is 0 Å². The fourth-order valence-corrected chi connectivity index (χ4v) is 3.78. The molecule has 0 saturated carbocycles. The van der Waals surface area contributed by atoms with Gasteiger partial charge in [0.25, 0.3) is 0 Å². The van der Waals surface area contributed by atoms with E-state index in [1.807, 2.05) is 64.3 Å². The van der Waals surface area contributed by atoms with Gasteiger partial charge in [-0.3, -0.25) is 0 Å². The Balaban J connectivity index is 0.000000807. The van der Waals surface area contributed by atoms with Crippen molar-refractivity contribution in [2.45, 2.75) is 54.0 Å². The maximum atomic E-state index is 6.12. The highest BCUT2D eigenvalue weighted by Gasteiger charge is 2.24. The van der Waals surface area contributed by atoms with Crippen molar-refractivity contribution in [1.82, 2.24) is 14.6 Å². The summed E-state index contributed by atoms with van der Waals surface area (Å²) in [7, 11) is 3.27. The number of nitrogens with zero attached hydrogens (tertiary/aromatic N) is 4. The molecule has 1 fully saturated rings. The molecule has 2 N–H and O–H groups in total. The number of aryl methyl sites for hydroxylation is 2. The maximum Gasteiger partial charge on any atom is 0.178 e. The summed E-state index contributed by atoms with van der Waals surface area (Å²) in [6.07, 6.45) is 0.996. The van der Waals surface area contributed by atoms with E-state index in [1.165, 1.54) is 0 Å². The van der Waals surface area contributed by atoms with Crippen LogP contribution in [-0.4, -0.2) is 47.9 Å². The number of imidazole rings is 1. The number of aromatic nitrogens is 3. The molecule has 1 saturated heterocycles. The quantitative estimate of drug-likeness (QED) is 0.655. The lowest BCUT2D eigenvalue weighted by molar-refractivity contribution is 0.355. The molecule has 1 aromatic carbocycles. The van der Waals surface area contributed by atoms with Crippen LogP contribution in [0.3, 0.4) is 0 Å². The van der Waals surface area contributed by atoms with Crippen molar-refractivity contribution in [3.05, 3.63) is 35.7 Å². The predicted octanol–water partition coefficient (Wildman–Crippen LogP) is 4.62. The second-order valence-electron chi connectivity index (χ2n) is 7.02. The number of rotatable bonds is 4. The molecule has 3 heterocycles. The minimum Gasteiger partial charge on any atom is -0.493 e. The molecule has 1 aliphatic heterocycles. The van der Waals surface area contributed by atoms with E-state index in [0.29, 0.717) is 11.5 Å². The van der Waals surface area contributed by atoms with Crippen LogP contribution in [0.25, 0.3) is 16.9 Å². The highest BCUT2D eigenvalue weighted by molar-refractivity contribution is 5.76. The number of fused-ring (bicyclic) bond motifs is 1. The Morgan fingerprint density at radius 3 is 2.26 bits per heavy atom. The van der Waals surface area contributed by atoms with Crippen LogP contribution in [0.4, 0.5) is 5.69 Å². The van der Waals surface area contributed by atoms with Crippen LogP contribution in [0.15, 0.2) is 24.3 Å². The smallest absolute Gasteiger partial charge is 0.178 e. The van der Waals surface area contributed by atoms with Crippen molar-refractivity contribution in [3.63, 3.8) is 0 Å². The van der Waals surface area contributed by atoms with Gasteiger partial charge in [-0.15, -0.1) is 0 Å². The first-order valence-electron chi connectivity index (χ1n) is 11.1. The maximum absolute atomic E-state index is 6.12. The van der Waals surface area contributed by atoms with Crippen molar-refractivity contribution in [3.8, 4) is 22.8 Å². The Hall–Kier alpha value is -2.80. The summed E-state index contributed by atoms with van der Waals surface area (Å²) in [5.74, 6) is 1.38. The highest BCUT2D eigenvalue weighted by atomic mass is 16.5. The summed E-state index contributed by atoms with van der Waals surface area (Å²) in [4.78, 5) is 7.15. The standard InChI is InChI=1S/C20H25N5O2.2C2H6/c1-12-9-16(24-8-7-15(21)11-24)20-22-13(2)19(25(20)23-12)14-5-6-17(26-3)18(10-14)27-4;2*1-2/h5-6,9-10,15H,7-8,11,21H2,1-4H3;2*1-2H3. The Kier molecular flexibility index (Phi) is 8.68. The van der Waals surface area contributed by atoms with E-state index < -0.39 is 0 Å². The number of nitrogens with two attached hydrogens (primary N) is 1. The summed E-state index contributed by atoms with van der Waals surface area (Å²) >= 11 is 0. The zero-order valence-electron chi connectivity index (χ0n) is 20.2. The van der Waals surface area contributed by atoms with Crippen molar-refractivity contribution in [1.29, 1.82) is 0 Å². The topological polar surface area (TPSA) is 77.9 Å². The first-order chi connectivity index (χ1) is 15.0. The summed E-state index contributed by atoms with van der Waals surface area (Å²) < 4.78 is 12.8. The number of benzene rings is 1. The zero-order valence-corrected chi connectivity index (χ0v) is 20.2. The fourth-order valence-electron chi connectivity index (χ4n) is 3.78. The molecular formula is C24H37N5O2. The highest BCUT2D eigenvalue weighted by Crippen LogP contribution is 2.35. The second-order valence-corrected chi connectivity index (χ2v) is 7.02. The van der Waals surface area contributed by atoms with Gasteiger partial charge in [0.05, 0.1) is 37.0 Å². The summed E-state index contributed by atoms with van der Waals surface area (Å²) in [5.41, 5.74) is 11.9. The minimum absolute atomic E-state index is 0.208. The normalized spacial score (nSPS) is 15.1. The SMILES string of the molecule is CC.CC.COc1ccc(-c2c(C)nc3c(N4CCC(N)C4)cc(C)nn23)cc1OC. The number of methoxy groups -OCH3 is 2. The first kappa shape index (κ1) is 24.5. The molecule has 4 rings (SSSR count). The van der Waals surface area contributed by atoms with E-state index in [2.05, 4.69) is 11.0 Å². The minimum atomic E-state index is 0.208. The first-order valence-corrected chi connectivity index (χ1v) is 11.1. The Morgan fingerprint density at radius 2 is 1.68 bits per heavy atom. The molecule has 2 aromatic heterocycles. The Morgan fingerprint density at radius 1 is 1.00 bits per heavy atom. The molecule has 1 atom stereocenters. The Labute approximate surface area is 186 Å². The Bertz CT molecular complexity index is 999. The van der Waals surface area contributed by atoms with Crippen LogP contribution in [-0.2, 0) is 0 Å². The van der Waals surface area contributed by atoms with Crippen LogP contribution in [0.2, 0.25) is 0 Å². The van der Waals surface area contributed by atoms with E-state index >= 15 is 0 Å². The van der Waals surface area contributed by atoms with E-state index in [1.54, 1.807) is 14.2 Å². The molecular weight excluding hydrogens is 390 g/mol. The number of anilines is 1. The third-order valence-corrected chi connectivity index (χ3v) is 5.08. The molecule has 3 aromatic rings. The predicted molar refractivity (Wildman–Crippen MR) is 129 cm³/mol. The van der Waals surface area contributed by atoms with Crippen LogP contribution < -0.4 is 20.1 Å². The molecule has 0 amide bonds. The zero-order chi connectivity index (χ0) is 23.1. The van der Waals surface area contributed by atoms with Gasteiger partial charge < -0.3 is 20.1 Å². The molecule has 7 nitrogen and oxygen atoms in total. The third-order valence-electron chi connectivity index (χ3n) is 5.08. The van der Waals surface area contributed by atoms with Gasteiger partial charge in [-0.05, 0) is 44.5 Å². The van der Waals surface area contributed by atoms with Gasteiger partial charge in [0, 0.05) is 24.7 Å². The van der Waals surface area contributed by atoms with Gasteiger partial charge in [0.1, 0.15) is 0 Å². The monoisotopic (exact) mass is 427 g/mol. The molecule has 0 radical (unpaired) electrons. The second kappa shape index (κ2) is 11.0. The summed E-state index contributed by atoms with van der Waals surface area (Å²) in [6, 6.07) is 8.18. The van der Waals surface area contributed by atoms with Gasteiger partial charge in [-0.25, -0.2) is 9.50 Å². The fraction of sp³-hybridized carbons (Fsp3) is 0.500. The van der Waals surface area contributed by atoms with E-state index in [0.717, 1.165) is 53.5 Å². The average molecular weight is 428 g/mol. The molecule has 0 spiro atoms. The lowest BCUT2D eigenvalue weighted by atomic mass is 10.1.